The van der Waals surface area contributed by atoms with Gasteiger partial charge in [-0.2, -0.15) is 0 Å². The third-order valence-corrected chi connectivity index (χ3v) is 19.0. The van der Waals surface area contributed by atoms with Crippen LogP contribution in [-0.4, -0.2) is 96.7 Å². The van der Waals surface area contributed by atoms with Crippen molar-refractivity contribution in [1.82, 2.24) is 0 Å². The fraction of sp³-hybridized carbons (Fsp3) is 0.870. The second-order valence-corrected chi connectivity index (χ2v) is 29.6. The van der Waals surface area contributed by atoms with Gasteiger partial charge in [-0.05, 0) is 83.5 Å². The Labute approximate surface area is 585 Å². The van der Waals surface area contributed by atoms with Crippen molar-refractivity contribution >= 4 is 39.5 Å². The number of hydrogen-bond acceptors (Lipinski definition) is 15. The maximum absolute atomic E-state index is 13.1. The van der Waals surface area contributed by atoms with Gasteiger partial charge >= 0.3 is 39.5 Å². The first-order chi connectivity index (χ1) is 46.7. The highest BCUT2D eigenvalue weighted by atomic mass is 31.2. The van der Waals surface area contributed by atoms with E-state index in [-0.39, 0.29) is 25.7 Å². The molecule has 0 aromatic rings. The Morgan fingerprint density at radius 2 is 0.510 bits per heavy atom. The van der Waals surface area contributed by atoms with Gasteiger partial charge in [0.15, 0.2) is 12.2 Å². The Bertz CT molecular complexity index is 1970. The van der Waals surface area contributed by atoms with Gasteiger partial charge in [0.1, 0.15) is 19.3 Å². The van der Waals surface area contributed by atoms with Crippen molar-refractivity contribution in [3.8, 4) is 0 Å². The smallest absolute Gasteiger partial charge is 0.462 e. The SMILES string of the molecule is CCCCC/C=C\C/C=C\CCCCCCCC(=O)O[C@H](COC(=O)CCCCCCC/C=C\CCCCCCCC)COP(=O)(O)OC[C@@H](O)COP(=O)(O)OC[C@@H](COC(=O)CCCCCCCCCCCCCCC)OC(=O)CCCCCCCCCCCCCCC. The summed E-state index contributed by atoms with van der Waals surface area (Å²) in [5.41, 5.74) is 0. The van der Waals surface area contributed by atoms with Crippen molar-refractivity contribution in [2.45, 2.75) is 393 Å². The van der Waals surface area contributed by atoms with Crippen molar-refractivity contribution in [3.63, 3.8) is 0 Å². The Hall–Kier alpha value is -2.72. The Kier molecular flexibility index (Phi) is 68.7. The number of rotatable bonds is 75. The minimum Gasteiger partial charge on any atom is -0.462 e. The number of phosphoric ester groups is 2. The number of esters is 4. The summed E-state index contributed by atoms with van der Waals surface area (Å²) in [6.07, 6.45) is 65.5. The average Bonchev–Trinajstić information content (AvgIpc) is 1.43. The lowest BCUT2D eigenvalue weighted by Gasteiger charge is -2.21. The lowest BCUT2D eigenvalue weighted by atomic mass is 10.0. The Morgan fingerprint density at radius 3 is 0.802 bits per heavy atom. The van der Waals surface area contributed by atoms with E-state index in [4.69, 9.17) is 37.0 Å². The molecule has 17 nitrogen and oxygen atoms in total. The van der Waals surface area contributed by atoms with Crippen LogP contribution in [0.15, 0.2) is 36.5 Å². The molecule has 0 aliphatic heterocycles. The van der Waals surface area contributed by atoms with Crippen LogP contribution >= 0.6 is 15.6 Å². The van der Waals surface area contributed by atoms with E-state index in [9.17, 15) is 43.2 Å². The topological polar surface area (TPSA) is 237 Å². The van der Waals surface area contributed by atoms with Crippen LogP contribution in [0.25, 0.3) is 0 Å². The first-order valence-corrected chi connectivity index (χ1v) is 42.2. The molecule has 0 bridgehead atoms. The number of phosphoric acid groups is 2. The molecule has 0 spiro atoms. The summed E-state index contributed by atoms with van der Waals surface area (Å²) >= 11 is 0. The molecular formula is C77H144O17P2. The van der Waals surface area contributed by atoms with Gasteiger partial charge in [-0.3, -0.25) is 37.3 Å². The molecule has 0 saturated carbocycles. The summed E-state index contributed by atoms with van der Waals surface area (Å²) < 4.78 is 68.5. The summed E-state index contributed by atoms with van der Waals surface area (Å²) in [4.78, 5) is 72.8. The zero-order valence-electron chi connectivity index (χ0n) is 61.6. The molecule has 0 amide bonds. The molecule has 2 unspecified atom stereocenters. The molecule has 0 radical (unpaired) electrons. The summed E-state index contributed by atoms with van der Waals surface area (Å²) in [5.74, 6) is -2.16. The maximum Gasteiger partial charge on any atom is 0.472 e. The van der Waals surface area contributed by atoms with Gasteiger partial charge in [-0.15, -0.1) is 0 Å². The molecule has 0 aromatic carbocycles. The highest BCUT2D eigenvalue weighted by Gasteiger charge is 2.30. The predicted octanol–water partition coefficient (Wildman–Crippen LogP) is 22.3. The molecule has 564 valence electrons. The highest BCUT2D eigenvalue weighted by molar-refractivity contribution is 7.47. The summed E-state index contributed by atoms with van der Waals surface area (Å²) in [5, 5.41) is 10.6. The van der Waals surface area contributed by atoms with Crippen LogP contribution < -0.4 is 0 Å². The Balaban J connectivity index is 5.31. The molecule has 0 aromatic heterocycles. The number of hydrogen-bond donors (Lipinski definition) is 3. The molecule has 0 heterocycles. The van der Waals surface area contributed by atoms with Crippen molar-refractivity contribution < 1.29 is 80.2 Å². The minimum absolute atomic E-state index is 0.0835. The molecule has 0 aliphatic carbocycles. The van der Waals surface area contributed by atoms with Crippen molar-refractivity contribution in [1.29, 1.82) is 0 Å². The van der Waals surface area contributed by atoms with Gasteiger partial charge in [0.05, 0.1) is 26.4 Å². The molecule has 0 saturated heterocycles. The molecule has 19 heteroatoms. The van der Waals surface area contributed by atoms with Crippen LogP contribution in [0.5, 0.6) is 0 Å². The summed E-state index contributed by atoms with van der Waals surface area (Å²) in [6.45, 7) is 4.90. The molecule has 0 aliphatic rings. The number of allylic oxidation sites excluding steroid dienone is 6. The van der Waals surface area contributed by atoms with Gasteiger partial charge in [0.2, 0.25) is 0 Å². The van der Waals surface area contributed by atoms with Crippen LogP contribution in [0.1, 0.15) is 374 Å². The van der Waals surface area contributed by atoms with E-state index < -0.39 is 97.5 Å². The molecular weight excluding hydrogens is 1260 g/mol. The number of aliphatic hydroxyl groups is 1. The number of carbonyl (C=O) groups excluding carboxylic acids is 4. The van der Waals surface area contributed by atoms with Gasteiger partial charge in [-0.1, -0.05) is 302 Å². The van der Waals surface area contributed by atoms with Crippen molar-refractivity contribution in [2.24, 2.45) is 0 Å². The second-order valence-electron chi connectivity index (χ2n) is 26.7. The van der Waals surface area contributed by atoms with E-state index in [2.05, 4.69) is 64.2 Å². The van der Waals surface area contributed by atoms with Crippen LogP contribution in [0, 0.1) is 0 Å². The van der Waals surface area contributed by atoms with Crippen LogP contribution in [0.4, 0.5) is 0 Å². The van der Waals surface area contributed by atoms with Crippen LogP contribution in [-0.2, 0) is 65.4 Å². The van der Waals surface area contributed by atoms with Gasteiger partial charge in [0.25, 0.3) is 0 Å². The molecule has 0 fully saturated rings. The van der Waals surface area contributed by atoms with Gasteiger partial charge < -0.3 is 33.8 Å². The third-order valence-electron chi connectivity index (χ3n) is 17.1. The standard InChI is InChI=1S/C77H144O17P2/c1-5-9-13-17-21-25-29-33-35-39-42-46-50-54-58-62-75(80)88-68-73(94-77(82)64-60-56-52-48-44-40-36-34-30-26-22-18-14-10-6-2)70-92-96(85,86)90-66-71(78)65-89-95(83,84)91-69-72(93-76(81)63-59-55-51-47-43-38-32-28-24-20-16-12-8-4)67-87-74(79)61-57-53-49-45-41-37-31-27-23-19-15-11-7-3/h22,26,33-36,71-73,78H,5-21,23-25,27-32,37-70H2,1-4H3,(H,83,84)(H,85,86)/b26-22-,35-33-,36-34-/t71-,72+,73+/m0/s1. The fourth-order valence-electron chi connectivity index (χ4n) is 11.1. The zero-order chi connectivity index (χ0) is 70.4. The lowest BCUT2D eigenvalue weighted by molar-refractivity contribution is -0.161. The quantitative estimate of drug-likeness (QED) is 0.0169. The monoisotopic (exact) mass is 1400 g/mol. The number of ether oxygens (including phenoxy) is 4. The van der Waals surface area contributed by atoms with Crippen molar-refractivity contribution in [3.05, 3.63) is 36.5 Å². The summed E-state index contributed by atoms with van der Waals surface area (Å²) in [6, 6.07) is 0. The largest absolute Gasteiger partial charge is 0.472 e. The fourth-order valence-corrected chi connectivity index (χ4v) is 12.7. The minimum atomic E-state index is -4.97. The van der Waals surface area contributed by atoms with Crippen LogP contribution in [0.3, 0.4) is 0 Å². The first kappa shape index (κ1) is 93.3. The first-order valence-electron chi connectivity index (χ1n) is 39.2. The highest BCUT2D eigenvalue weighted by Crippen LogP contribution is 2.45. The van der Waals surface area contributed by atoms with Gasteiger partial charge in [-0.25, -0.2) is 9.13 Å². The number of aliphatic hydroxyl groups excluding tert-OH is 1. The normalized spacial score (nSPS) is 14.1. The van der Waals surface area contributed by atoms with Crippen molar-refractivity contribution in [2.75, 3.05) is 39.6 Å². The van der Waals surface area contributed by atoms with E-state index in [0.717, 1.165) is 128 Å². The molecule has 0 rings (SSSR count). The van der Waals surface area contributed by atoms with E-state index in [1.165, 1.54) is 167 Å². The van der Waals surface area contributed by atoms with E-state index in [1.54, 1.807) is 0 Å². The van der Waals surface area contributed by atoms with Gasteiger partial charge in [0, 0.05) is 25.7 Å². The lowest BCUT2D eigenvalue weighted by Crippen LogP contribution is -2.30. The Morgan fingerprint density at radius 1 is 0.292 bits per heavy atom. The number of carbonyl (C=O) groups is 4. The van der Waals surface area contributed by atoms with Crippen LogP contribution in [0.2, 0.25) is 0 Å². The molecule has 3 N–H and O–H groups in total. The van der Waals surface area contributed by atoms with E-state index in [0.29, 0.717) is 25.7 Å². The predicted molar refractivity (Wildman–Crippen MR) is 391 cm³/mol. The maximum atomic E-state index is 13.1. The third kappa shape index (κ3) is 69.7. The van der Waals surface area contributed by atoms with E-state index in [1.807, 2.05) is 0 Å². The second kappa shape index (κ2) is 70.7. The zero-order valence-corrected chi connectivity index (χ0v) is 63.4. The molecule has 96 heavy (non-hydrogen) atoms. The summed E-state index contributed by atoms with van der Waals surface area (Å²) in [7, 11) is -9.93. The van der Waals surface area contributed by atoms with E-state index >= 15 is 0 Å². The number of unbranched alkanes of at least 4 members (excludes halogenated alkanes) is 43. The average molecular weight is 1400 g/mol. The molecule has 5 atom stereocenters.